The normalized spacial score (nSPS) is 10.7. The van der Waals surface area contributed by atoms with Crippen molar-refractivity contribution < 1.29 is 9.53 Å². The van der Waals surface area contributed by atoms with E-state index in [1.807, 2.05) is 53.9 Å². The van der Waals surface area contributed by atoms with Crippen LogP contribution in [0.5, 0.6) is 5.75 Å². The molecule has 5 nitrogen and oxygen atoms in total. The fourth-order valence-corrected chi connectivity index (χ4v) is 3.55. The molecule has 0 atom stereocenters. The molecule has 0 fully saturated rings. The van der Waals surface area contributed by atoms with E-state index in [9.17, 15) is 4.79 Å². The lowest BCUT2D eigenvalue weighted by molar-refractivity contribution is -0.116. The smallest absolute Gasteiger partial charge is 0.226 e. The van der Waals surface area contributed by atoms with Gasteiger partial charge in [0.25, 0.3) is 0 Å². The van der Waals surface area contributed by atoms with Crippen LogP contribution in [0, 0.1) is 0 Å². The summed E-state index contributed by atoms with van der Waals surface area (Å²) in [6.07, 6.45) is 2.74. The molecule has 1 N–H and O–H groups in total. The Hall–Kier alpha value is -3.25. The highest BCUT2D eigenvalue weighted by molar-refractivity contribution is 7.14. The van der Waals surface area contributed by atoms with E-state index >= 15 is 0 Å². The molecule has 0 bridgehead atoms. The van der Waals surface area contributed by atoms with Gasteiger partial charge in [0.15, 0.2) is 5.13 Å². The first-order valence-electron chi connectivity index (χ1n) is 9.06. The fourth-order valence-electron chi connectivity index (χ4n) is 2.82. The second kappa shape index (κ2) is 8.63. The highest BCUT2D eigenvalue weighted by Gasteiger charge is 2.08. The molecule has 0 aliphatic carbocycles. The van der Waals surface area contributed by atoms with Crippen molar-refractivity contribution in [1.82, 2.24) is 9.97 Å². The number of carbonyl (C=O) groups excluding carboxylic acids is 1. The average Bonchev–Trinajstić information content (AvgIpc) is 3.20. The zero-order chi connectivity index (χ0) is 19.2. The van der Waals surface area contributed by atoms with Crippen LogP contribution >= 0.6 is 11.3 Å². The molecule has 4 aromatic rings. The number of fused-ring (bicyclic) bond motifs is 1. The van der Waals surface area contributed by atoms with Gasteiger partial charge in [-0.2, -0.15) is 0 Å². The van der Waals surface area contributed by atoms with E-state index in [-0.39, 0.29) is 5.91 Å². The Kier molecular flexibility index (Phi) is 5.58. The predicted molar refractivity (Wildman–Crippen MR) is 113 cm³/mol. The van der Waals surface area contributed by atoms with E-state index in [0.717, 1.165) is 22.5 Å². The Morgan fingerprint density at radius 3 is 2.71 bits per heavy atom. The molecule has 0 aliphatic rings. The molecular formula is C22H19N3O2S. The summed E-state index contributed by atoms with van der Waals surface area (Å²) in [5.74, 6) is 0.753. The lowest BCUT2D eigenvalue weighted by Crippen LogP contribution is -2.12. The van der Waals surface area contributed by atoms with Gasteiger partial charge in [0.05, 0.1) is 12.3 Å². The summed E-state index contributed by atoms with van der Waals surface area (Å²) in [6, 6.07) is 19.8. The number of nitrogens with one attached hydrogen (secondary N) is 1. The van der Waals surface area contributed by atoms with Crippen molar-refractivity contribution in [2.75, 3.05) is 11.9 Å². The number of aromatic nitrogens is 2. The molecule has 0 saturated carbocycles. The minimum absolute atomic E-state index is 0.0657. The van der Waals surface area contributed by atoms with Gasteiger partial charge in [0.1, 0.15) is 11.4 Å². The van der Waals surface area contributed by atoms with Crippen molar-refractivity contribution in [2.24, 2.45) is 0 Å². The number of benzene rings is 2. The van der Waals surface area contributed by atoms with Crippen molar-refractivity contribution in [3.05, 3.63) is 72.2 Å². The third-order valence-corrected chi connectivity index (χ3v) is 4.97. The second-order valence-electron chi connectivity index (χ2n) is 6.26. The number of thiazole rings is 1. The summed E-state index contributed by atoms with van der Waals surface area (Å²) in [4.78, 5) is 20.8. The number of ether oxygens (including phenoxy) is 1. The molecule has 6 heteroatoms. The van der Waals surface area contributed by atoms with E-state index in [4.69, 9.17) is 4.74 Å². The number of rotatable bonds is 7. The molecule has 0 radical (unpaired) electrons. The maximum atomic E-state index is 12.1. The number of anilines is 1. The van der Waals surface area contributed by atoms with Crippen molar-refractivity contribution in [2.45, 2.75) is 12.8 Å². The molecule has 0 saturated heterocycles. The number of pyridine rings is 1. The van der Waals surface area contributed by atoms with Gasteiger partial charge in [0.2, 0.25) is 5.91 Å². The number of hydrogen-bond acceptors (Lipinski definition) is 5. The molecule has 2 heterocycles. The van der Waals surface area contributed by atoms with Gasteiger partial charge in [-0.3, -0.25) is 9.78 Å². The quantitative estimate of drug-likeness (QED) is 0.444. The lowest BCUT2D eigenvalue weighted by Gasteiger charge is -2.07. The molecule has 1 amide bonds. The van der Waals surface area contributed by atoms with Gasteiger partial charge in [-0.15, -0.1) is 11.3 Å². The van der Waals surface area contributed by atoms with Crippen LogP contribution in [0.2, 0.25) is 0 Å². The highest BCUT2D eigenvalue weighted by atomic mass is 32.1. The van der Waals surface area contributed by atoms with Crippen LogP contribution < -0.4 is 10.1 Å². The lowest BCUT2D eigenvalue weighted by atomic mass is 10.1. The Morgan fingerprint density at radius 2 is 1.86 bits per heavy atom. The Morgan fingerprint density at radius 1 is 1.00 bits per heavy atom. The van der Waals surface area contributed by atoms with Crippen LogP contribution in [0.25, 0.3) is 22.2 Å². The van der Waals surface area contributed by atoms with Crippen LogP contribution in [-0.4, -0.2) is 22.5 Å². The van der Waals surface area contributed by atoms with Crippen LogP contribution in [0.1, 0.15) is 12.8 Å². The molecule has 0 unspecified atom stereocenters. The summed E-state index contributed by atoms with van der Waals surface area (Å²) in [5.41, 5.74) is 1.56. The summed E-state index contributed by atoms with van der Waals surface area (Å²) in [7, 11) is 0. The van der Waals surface area contributed by atoms with Crippen molar-refractivity contribution in [1.29, 1.82) is 0 Å². The summed E-state index contributed by atoms with van der Waals surface area (Å²) in [6.45, 7) is 0.489. The van der Waals surface area contributed by atoms with E-state index in [1.165, 1.54) is 16.7 Å². The zero-order valence-electron chi connectivity index (χ0n) is 15.2. The van der Waals surface area contributed by atoms with E-state index in [0.29, 0.717) is 24.6 Å². The molecule has 4 rings (SSSR count). The molecule has 28 heavy (non-hydrogen) atoms. The number of carbonyl (C=O) groups is 1. The standard InChI is InChI=1S/C22H19N3O2S/c26-21(25-22-24-20(15-28-22)19-8-3-4-12-23-19)9-5-13-27-18-11-10-16-6-1-2-7-17(16)14-18/h1-4,6-8,10-12,14-15H,5,9,13H2,(H,24,25,26). The minimum atomic E-state index is -0.0657. The molecular weight excluding hydrogens is 370 g/mol. The summed E-state index contributed by atoms with van der Waals surface area (Å²) >= 11 is 1.40. The molecule has 0 aliphatic heterocycles. The maximum Gasteiger partial charge on any atom is 0.226 e. The first kappa shape index (κ1) is 18.1. The topological polar surface area (TPSA) is 64.1 Å². The second-order valence-corrected chi connectivity index (χ2v) is 7.12. The Bertz CT molecular complexity index is 1080. The monoisotopic (exact) mass is 389 g/mol. The van der Waals surface area contributed by atoms with Crippen LogP contribution in [0.4, 0.5) is 5.13 Å². The first-order valence-corrected chi connectivity index (χ1v) is 9.94. The largest absolute Gasteiger partial charge is 0.494 e. The van der Waals surface area contributed by atoms with E-state index < -0.39 is 0 Å². The van der Waals surface area contributed by atoms with Crippen LogP contribution in [0.15, 0.2) is 72.2 Å². The maximum absolute atomic E-state index is 12.1. The third-order valence-electron chi connectivity index (χ3n) is 4.22. The van der Waals surface area contributed by atoms with Crippen molar-refractivity contribution in [3.63, 3.8) is 0 Å². The van der Waals surface area contributed by atoms with Crippen molar-refractivity contribution >= 4 is 33.1 Å². The summed E-state index contributed by atoms with van der Waals surface area (Å²) < 4.78 is 5.78. The molecule has 140 valence electrons. The predicted octanol–water partition coefficient (Wildman–Crippen LogP) is 5.16. The number of hydrogen-bond donors (Lipinski definition) is 1. The molecule has 2 aromatic carbocycles. The third kappa shape index (κ3) is 4.53. The van der Waals surface area contributed by atoms with Crippen molar-refractivity contribution in [3.8, 4) is 17.1 Å². The summed E-state index contributed by atoms with van der Waals surface area (Å²) in [5, 5.41) is 7.64. The Labute approximate surface area is 167 Å². The molecule has 0 spiro atoms. The van der Waals surface area contributed by atoms with Gasteiger partial charge in [0, 0.05) is 18.0 Å². The number of nitrogens with zero attached hydrogens (tertiary/aromatic N) is 2. The van der Waals surface area contributed by atoms with Gasteiger partial charge in [-0.05, 0) is 41.5 Å². The van der Waals surface area contributed by atoms with E-state index in [2.05, 4.69) is 27.4 Å². The zero-order valence-corrected chi connectivity index (χ0v) is 16.0. The fraction of sp³-hybridized carbons (Fsp3) is 0.136. The highest BCUT2D eigenvalue weighted by Crippen LogP contribution is 2.23. The van der Waals surface area contributed by atoms with Gasteiger partial charge in [-0.25, -0.2) is 4.98 Å². The van der Waals surface area contributed by atoms with Crippen LogP contribution in [-0.2, 0) is 4.79 Å². The van der Waals surface area contributed by atoms with Crippen LogP contribution in [0.3, 0.4) is 0 Å². The van der Waals surface area contributed by atoms with E-state index in [1.54, 1.807) is 6.20 Å². The minimum Gasteiger partial charge on any atom is -0.494 e. The van der Waals surface area contributed by atoms with Gasteiger partial charge < -0.3 is 10.1 Å². The molecule has 2 aromatic heterocycles. The first-order chi connectivity index (χ1) is 13.8. The average molecular weight is 389 g/mol. The Balaban J connectivity index is 1.24. The van der Waals surface area contributed by atoms with Gasteiger partial charge >= 0.3 is 0 Å². The number of amides is 1. The van der Waals surface area contributed by atoms with Gasteiger partial charge in [-0.1, -0.05) is 36.4 Å². The SMILES string of the molecule is O=C(CCCOc1ccc2ccccc2c1)Nc1nc(-c2ccccn2)cs1.